The van der Waals surface area contributed by atoms with Gasteiger partial charge >= 0.3 is 0 Å². The maximum Gasteiger partial charge on any atom is 0.146 e. The molecule has 0 aliphatic carbocycles. The van der Waals surface area contributed by atoms with Crippen LogP contribution >= 0.6 is 0 Å². The van der Waals surface area contributed by atoms with E-state index < -0.39 is 0 Å². The number of nitrogens with one attached hydrogen (secondary N) is 1. The highest BCUT2D eigenvalue weighted by atomic mass is 16.5. The Hall–Kier alpha value is -2.56. The maximum absolute atomic E-state index is 5.88. The lowest BCUT2D eigenvalue weighted by molar-refractivity contribution is 0.301. The maximum atomic E-state index is 5.88. The van der Waals surface area contributed by atoms with E-state index in [0.717, 1.165) is 35.6 Å². The first-order chi connectivity index (χ1) is 11.7. The Kier molecular flexibility index (Phi) is 7.08. The highest BCUT2D eigenvalue weighted by Gasteiger charge is 2.09. The molecule has 1 heterocycles. The zero-order valence-corrected chi connectivity index (χ0v) is 14.6. The third-order valence-electron chi connectivity index (χ3n) is 3.28. The van der Waals surface area contributed by atoms with Crippen molar-refractivity contribution >= 4 is 11.5 Å². The van der Waals surface area contributed by atoms with Crippen molar-refractivity contribution in [1.82, 2.24) is 4.98 Å². The SMILES string of the molecule is CCCOc1ccc(/C(C)=N\Nc2ccccn2)c(OCCC)c1. The van der Waals surface area contributed by atoms with Crippen molar-refractivity contribution in [2.45, 2.75) is 33.6 Å². The van der Waals surface area contributed by atoms with Gasteiger partial charge in [0.25, 0.3) is 0 Å². The van der Waals surface area contributed by atoms with E-state index in [4.69, 9.17) is 9.47 Å². The average molecular weight is 327 g/mol. The molecule has 2 rings (SSSR count). The van der Waals surface area contributed by atoms with E-state index in [0.29, 0.717) is 19.0 Å². The molecule has 0 aliphatic rings. The van der Waals surface area contributed by atoms with Gasteiger partial charge in [0, 0.05) is 17.8 Å². The van der Waals surface area contributed by atoms with Gasteiger partial charge in [-0.15, -0.1) is 0 Å². The van der Waals surface area contributed by atoms with Gasteiger partial charge in [-0.1, -0.05) is 19.9 Å². The Morgan fingerprint density at radius 3 is 2.58 bits per heavy atom. The van der Waals surface area contributed by atoms with E-state index in [-0.39, 0.29) is 0 Å². The van der Waals surface area contributed by atoms with E-state index in [1.54, 1.807) is 6.20 Å². The van der Waals surface area contributed by atoms with Crippen LogP contribution in [0.4, 0.5) is 5.82 Å². The second-order valence-electron chi connectivity index (χ2n) is 5.38. The number of rotatable bonds is 9. The average Bonchev–Trinajstić information content (AvgIpc) is 2.63. The Balaban J connectivity index is 2.19. The summed E-state index contributed by atoms with van der Waals surface area (Å²) in [6.45, 7) is 7.46. The van der Waals surface area contributed by atoms with Crippen LogP contribution in [-0.4, -0.2) is 23.9 Å². The number of benzene rings is 1. The number of aromatic nitrogens is 1. The first-order valence-electron chi connectivity index (χ1n) is 8.36. The molecule has 0 saturated carbocycles. The lowest BCUT2D eigenvalue weighted by atomic mass is 10.1. The standard InChI is InChI=1S/C19H25N3O2/c1-4-12-23-16-9-10-17(18(14-16)24-13-5-2)15(3)21-22-19-8-6-7-11-20-19/h6-11,14H,4-5,12-13H2,1-3H3,(H,20,22)/b21-15-. The van der Waals surface area contributed by atoms with Gasteiger partial charge in [0.2, 0.25) is 0 Å². The van der Waals surface area contributed by atoms with Crippen LogP contribution in [0.2, 0.25) is 0 Å². The molecule has 1 N–H and O–H groups in total. The fraction of sp³-hybridized carbons (Fsp3) is 0.368. The molecule has 0 unspecified atom stereocenters. The normalized spacial score (nSPS) is 11.2. The summed E-state index contributed by atoms with van der Waals surface area (Å²) >= 11 is 0. The Labute approximate surface area is 143 Å². The zero-order valence-electron chi connectivity index (χ0n) is 14.6. The smallest absolute Gasteiger partial charge is 0.146 e. The number of hydrazone groups is 1. The Morgan fingerprint density at radius 1 is 1.08 bits per heavy atom. The van der Waals surface area contributed by atoms with E-state index in [1.807, 2.05) is 43.3 Å². The fourth-order valence-corrected chi connectivity index (χ4v) is 2.07. The van der Waals surface area contributed by atoms with Crippen LogP contribution < -0.4 is 14.9 Å². The van der Waals surface area contributed by atoms with Gasteiger partial charge in [-0.05, 0) is 44.0 Å². The summed E-state index contributed by atoms with van der Waals surface area (Å²) in [6, 6.07) is 11.5. The van der Waals surface area contributed by atoms with Crippen LogP contribution in [0.5, 0.6) is 11.5 Å². The van der Waals surface area contributed by atoms with E-state index >= 15 is 0 Å². The van der Waals surface area contributed by atoms with Gasteiger partial charge in [0.15, 0.2) is 0 Å². The molecule has 0 fully saturated rings. The molecular weight excluding hydrogens is 302 g/mol. The van der Waals surface area contributed by atoms with Crippen LogP contribution in [0.3, 0.4) is 0 Å². The second-order valence-corrected chi connectivity index (χ2v) is 5.38. The van der Waals surface area contributed by atoms with E-state index in [1.165, 1.54) is 0 Å². The van der Waals surface area contributed by atoms with Crippen molar-refractivity contribution in [3.63, 3.8) is 0 Å². The Bertz CT molecular complexity index is 657. The van der Waals surface area contributed by atoms with Crippen LogP contribution in [0, 0.1) is 0 Å². The molecule has 2 aromatic rings. The van der Waals surface area contributed by atoms with Crippen molar-refractivity contribution < 1.29 is 9.47 Å². The first-order valence-corrected chi connectivity index (χ1v) is 8.36. The highest BCUT2D eigenvalue weighted by Crippen LogP contribution is 2.26. The molecule has 0 saturated heterocycles. The molecule has 5 nitrogen and oxygen atoms in total. The van der Waals surface area contributed by atoms with Gasteiger partial charge in [0.05, 0.1) is 18.9 Å². The zero-order chi connectivity index (χ0) is 17.2. The molecule has 128 valence electrons. The van der Waals surface area contributed by atoms with Gasteiger partial charge in [-0.25, -0.2) is 4.98 Å². The fourth-order valence-electron chi connectivity index (χ4n) is 2.07. The molecule has 0 spiro atoms. The van der Waals surface area contributed by atoms with Crippen LogP contribution in [0.1, 0.15) is 39.2 Å². The van der Waals surface area contributed by atoms with Crippen molar-refractivity contribution in [1.29, 1.82) is 0 Å². The number of pyridine rings is 1. The predicted molar refractivity (Wildman–Crippen MR) is 98.1 cm³/mol. The van der Waals surface area contributed by atoms with Gasteiger partial charge in [-0.2, -0.15) is 5.10 Å². The molecule has 1 aromatic heterocycles. The summed E-state index contributed by atoms with van der Waals surface area (Å²) in [6.07, 6.45) is 3.64. The summed E-state index contributed by atoms with van der Waals surface area (Å²) in [5.74, 6) is 2.31. The lowest BCUT2D eigenvalue weighted by Crippen LogP contribution is -2.06. The van der Waals surface area contributed by atoms with Crippen LogP contribution in [0.25, 0.3) is 0 Å². The van der Waals surface area contributed by atoms with Crippen LogP contribution in [-0.2, 0) is 0 Å². The predicted octanol–water partition coefficient (Wildman–Crippen LogP) is 4.50. The molecule has 0 atom stereocenters. The van der Waals surface area contributed by atoms with E-state index in [9.17, 15) is 0 Å². The number of ether oxygens (including phenoxy) is 2. The van der Waals surface area contributed by atoms with Crippen LogP contribution in [0.15, 0.2) is 47.7 Å². The molecule has 0 radical (unpaired) electrons. The van der Waals surface area contributed by atoms with Gasteiger partial charge in [-0.3, -0.25) is 5.43 Å². The quantitative estimate of drug-likeness (QED) is 0.544. The number of anilines is 1. The highest BCUT2D eigenvalue weighted by molar-refractivity contribution is 6.01. The minimum Gasteiger partial charge on any atom is -0.493 e. The molecular formula is C19H25N3O2. The van der Waals surface area contributed by atoms with Gasteiger partial charge in [0.1, 0.15) is 17.3 Å². The molecule has 24 heavy (non-hydrogen) atoms. The topological polar surface area (TPSA) is 55.7 Å². The van der Waals surface area contributed by atoms with Crippen molar-refractivity contribution in [2.24, 2.45) is 5.10 Å². The molecule has 0 amide bonds. The van der Waals surface area contributed by atoms with Crippen molar-refractivity contribution in [3.8, 4) is 11.5 Å². The van der Waals surface area contributed by atoms with Crippen molar-refractivity contribution in [3.05, 3.63) is 48.2 Å². The third kappa shape index (κ3) is 5.26. The number of nitrogens with zero attached hydrogens (tertiary/aromatic N) is 2. The minimum absolute atomic E-state index is 0.658. The molecule has 0 bridgehead atoms. The number of hydrogen-bond acceptors (Lipinski definition) is 5. The molecule has 5 heteroatoms. The first kappa shape index (κ1) is 17.8. The summed E-state index contributed by atoms with van der Waals surface area (Å²) in [5, 5.41) is 4.41. The monoisotopic (exact) mass is 327 g/mol. The Morgan fingerprint density at radius 2 is 1.88 bits per heavy atom. The molecule has 1 aromatic carbocycles. The summed E-state index contributed by atoms with van der Waals surface area (Å²) in [4.78, 5) is 4.19. The third-order valence-corrected chi connectivity index (χ3v) is 3.28. The largest absolute Gasteiger partial charge is 0.493 e. The summed E-state index contributed by atoms with van der Waals surface area (Å²) < 4.78 is 11.6. The van der Waals surface area contributed by atoms with Gasteiger partial charge < -0.3 is 9.47 Å². The summed E-state index contributed by atoms with van der Waals surface area (Å²) in [7, 11) is 0. The second kappa shape index (κ2) is 9.55. The lowest BCUT2D eigenvalue weighted by Gasteiger charge is -2.13. The molecule has 0 aliphatic heterocycles. The number of hydrogen-bond donors (Lipinski definition) is 1. The summed E-state index contributed by atoms with van der Waals surface area (Å²) in [5.41, 5.74) is 4.73. The van der Waals surface area contributed by atoms with Crippen molar-refractivity contribution in [2.75, 3.05) is 18.6 Å². The minimum atomic E-state index is 0.658. The van der Waals surface area contributed by atoms with E-state index in [2.05, 4.69) is 29.4 Å².